The Hall–Kier alpha value is -5.44. The molecule has 3 N–H and O–H groups in total. The van der Waals surface area contributed by atoms with Crippen LogP contribution in [-0.2, 0) is 14.8 Å². The number of amidine groups is 2. The van der Waals surface area contributed by atoms with Crippen LogP contribution in [0.4, 0.5) is 5.82 Å². The molecule has 5 aromatic rings. The third-order valence-electron chi connectivity index (χ3n) is 13.5. The number of nitrogens with one attached hydrogen (secondary N) is 3. The topological polar surface area (TPSA) is 173 Å². The molecule has 10 rings (SSSR count). The molecule has 0 bridgehead atoms. The van der Waals surface area contributed by atoms with Gasteiger partial charge in [0.05, 0.1) is 37.8 Å². The second-order valence-electron chi connectivity index (χ2n) is 18.2. The van der Waals surface area contributed by atoms with Crippen molar-refractivity contribution in [3.63, 3.8) is 0 Å². The second-order valence-corrected chi connectivity index (χ2v) is 19.8. The van der Waals surface area contributed by atoms with E-state index >= 15 is 0 Å². The average molecular weight is 941 g/mol. The minimum Gasteiger partial charge on any atom is -0.811 e. The molecule has 5 aliphatic rings. The normalized spacial score (nSPS) is 22.1. The average Bonchev–Trinajstić information content (AvgIpc) is 3.77. The van der Waals surface area contributed by atoms with Crippen molar-refractivity contribution in [3.8, 4) is 0 Å². The van der Waals surface area contributed by atoms with Crippen LogP contribution in [0, 0.1) is 0 Å². The van der Waals surface area contributed by atoms with Crippen LogP contribution < -0.4 is 30.6 Å². The quantitative estimate of drug-likeness (QED) is 0.147. The Balaban J connectivity index is 0.000000228. The summed E-state index contributed by atoms with van der Waals surface area (Å²) >= 11 is 0. The lowest BCUT2D eigenvalue weighted by atomic mass is 9.75. The van der Waals surface area contributed by atoms with Crippen molar-refractivity contribution in [2.24, 2.45) is 9.98 Å². The van der Waals surface area contributed by atoms with Gasteiger partial charge in [-0.2, -0.15) is 4.98 Å². The summed E-state index contributed by atoms with van der Waals surface area (Å²) in [7, 11) is -5.01. The van der Waals surface area contributed by atoms with Gasteiger partial charge in [-0.15, -0.1) is 0 Å². The Labute approximate surface area is 400 Å². The van der Waals surface area contributed by atoms with E-state index in [9.17, 15) is 23.9 Å². The van der Waals surface area contributed by atoms with Crippen LogP contribution >= 0.6 is 7.60 Å². The summed E-state index contributed by atoms with van der Waals surface area (Å²) < 4.78 is 19.5. The molecular formula is C53H65N8O6P. The molecule has 68 heavy (non-hydrogen) atoms. The molecule has 14 nitrogen and oxygen atoms in total. The molecule has 1 amide bonds. The number of quaternary nitrogens is 2. The number of hydrogen-bond acceptors (Lipinski definition) is 10. The molecule has 15 heteroatoms. The Kier molecular flexibility index (Phi) is 17.1. The number of nitrogens with zero attached hydrogens (tertiary/aromatic N) is 5. The highest BCUT2D eigenvalue weighted by molar-refractivity contribution is 7.48. The Bertz CT molecular complexity index is 2420. The number of amides is 1. The number of morpholine rings is 1. The summed E-state index contributed by atoms with van der Waals surface area (Å²) in [5, 5.41) is 2.63. The fraction of sp³-hybridized carbons (Fsp3) is 0.415. The minimum atomic E-state index is -5.01. The first-order chi connectivity index (χ1) is 33.2. The summed E-state index contributed by atoms with van der Waals surface area (Å²) in [6.45, 7) is 7.79. The van der Waals surface area contributed by atoms with E-state index in [1.807, 2.05) is 91.0 Å². The first-order valence-corrected chi connectivity index (χ1v) is 26.2. The third-order valence-corrected chi connectivity index (χ3v) is 14.4. The predicted octanol–water partition coefficient (Wildman–Crippen LogP) is 4.10. The minimum absolute atomic E-state index is 0.0511. The van der Waals surface area contributed by atoms with E-state index in [2.05, 4.69) is 25.2 Å². The zero-order valence-electron chi connectivity index (χ0n) is 38.9. The molecule has 0 saturated carbocycles. The number of carbonyl (C=O) groups is 1. The van der Waals surface area contributed by atoms with Gasteiger partial charge in [0.25, 0.3) is 5.91 Å². The van der Waals surface area contributed by atoms with E-state index < -0.39 is 43.2 Å². The number of carbonyl (C=O) groups excluding carboxylic acids is 1. The molecule has 2 unspecified atom stereocenters. The van der Waals surface area contributed by atoms with Crippen LogP contribution in [0.1, 0.15) is 97.5 Å². The van der Waals surface area contributed by atoms with E-state index in [0.717, 1.165) is 29.8 Å². The number of aliphatic imine (C=N–C) groups is 2. The fourth-order valence-corrected chi connectivity index (χ4v) is 11.1. The number of hydrogen-bond donors (Lipinski definition) is 3. The van der Waals surface area contributed by atoms with E-state index in [0.29, 0.717) is 5.56 Å². The van der Waals surface area contributed by atoms with Crippen LogP contribution in [0.5, 0.6) is 0 Å². The van der Waals surface area contributed by atoms with Gasteiger partial charge in [0, 0.05) is 69.8 Å². The zero-order valence-corrected chi connectivity index (χ0v) is 39.8. The highest BCUT2D eigenvalue weighted by Gasteiger charge is 2.46. The van der Waals surface area contributed by atoms with Gasteiger partial charge in [0.15, 0.2) is 17.9 Å². The zero-order chi connectivity index (χ0) is 47.2. The molecule has 0 radical (unpaired) electrons. The van der Waals surface area contributed by atoms with Gasteiger partial charge < -0.3 is 24.4 Å². The molecule has 4 atom stereocenters. The molecule has 5 aliphatic heterocycles. The van der Waals surface area contributed by atoms with Crippen LogP contribution in [0.25, 0.3) is 0 Å². The fourth-order valence-electron chi connectivity index (χ4n) is 10.4. The third kappa shape index (κ3) is 12.6. The first-order valence-electron chi connectivity index (χ1n) is 24.5. The number of rotatable bonds is 9. The van der Waals surface area contributed by atoms with E-state index in [1.54, 1.807) is 40.1 Å². The van der Waals surface area contributed by atoms with Crippen molar-refractivity contribution in [1.29, 1.82) is 0 Å². The summed E-state index contributed by atoms with van der Waals surface area (Å²) in [5.41, 5.74) is 1.45. The molecular weight excluding hydrogens is 876 g/mol. The standard InChI is InChI=1S/C35H33N4O6P.2C9H16N2/c40-33(26-13-5-1-6-14-26)36-31-21-22-39(34(41)37-31)32-24-38(23-30(45-32)25-46(42,43)44)35(27-15-7-2-8-16-27,28-17-9-3-10-18-28)29-19-11-4-12-20-29;2*1-2-5-9-10-6-4-8-11(9)7-3-1/h1-22,30,32H,23-25H2,(H2,42,43,44)(H,36,37,40,41);2*1-8H2/t30-,32+;;/m0../s1. The Morgan fingerprint density at radius 3 is 1.63 bits per heavy atom. The molecule has 0 spiro atoms. The summed E-state index contributed by atoms with van der Waals surface area (Å²) in [5.74, 6) is 2.59. The molecule has 6 heterocycles. The van der Waals surface area contributed by atoms with Crippen LogP contribution in [0.2, 0.25) is 0 Å². The van der Waals surface area contributed by atoms with E-state index in [1.165, 1.54) is 119 Å². The van der Waals surface area contributed by atoms with E-state index in [4.69, 9.17) is 4.74 Å². The molecule has 0 aliphatic carbocycles. The predicted molar refractivity (Wildman–Crippen MR) is 262 cm³/mol. The van der Waals surface area contributed by atoms with Crippen LogP contribution in [0.3, 0.4) is 0 Å². The highest BCUT2D eigenvalue weighted by atomic mass is 31.2. The maximum Gasteiger partial charge on any atom is 0.351 e. The van der Waals surface area contributed by atoms with Gasteiger partial charge in [-0.1, -0.05) is 117 Å². The van der Waals surface area contributed by atoms with Crippen molar-refractivity contribution in [2.45, 2.75) is 82.1 Å². The lowest BCUT2D eigenvalue weighted by molar-refractivity contribution is -0.809. The molecule has 3 saturated heterocycles. The number of benzene rings is 4. The molecule has 3 fully saturated rings. The largest absolute Gasteiger partial charge is 0.811 e. The highest BCUT2D eigenvalue weighted by Crippen LogP contribution is 2.45. The number of aromatic nitrogens is 2. The number of ether oxygens (including phenoxy) is 1. The van der Waals surface area contributed by atoms with E-state index in [-0.39, 0.29) is 18.9 Å². The van der Waals surface area contributed by atoms with Gasteiger partial charge in [-0.3, -0.25) is 24.1 Å². The van der Waals surface area contributed by atoms with Crippen LogP contribution in [0.15, 0.2) is 148 Å². The lowest BCUT2D eigenvalue weighted by Gasteiger charge is -2.51. The lowest BCUT2D eigenvalue weighted by Crippen LogP contribution is -3.15. The molecule has 1 aromatic heterocycles. The van der Waals surface area contributed by atoms with Gasteiger partial charge in [-0.05, 0) is 73.4 Å². The molecule has 4 aromatic carbocycles. The SMILES string of the molecule is C1CCC2=NCCC[NH+]2CC1.C1CCC2=NCCC[NH+]2CC1.O=C(Nc1ccn([C@H]2CN(C(c3ccccc3)(c3ccccc3)c3ccccc3)C[C@@H](CP(=O)([O-])[O-])O2)c(=O)n1)c1ccccc1. The Morgan fingerprint density at radius 1 is 0.662 bits per heavy atom. The smallest absolute Gasteiger partial charge is 0.351 e. The second kappa shape index (κ2) is 23.7. The van der Waals surface area contributed by atoms with Gasteiger partial charge >= 0.3 is 5.69 Å². The number of anilines is 1. The summed E-state index contributed by atoms with van der Waals surface area (Å²) in [6, 6.07) is 39.4. The van der Waals surface area contributed by atoms with Crippen molar-refractivity contribution < 1.29 is 33.7 Å². The maximum atomic E-state index is 13.4. The number of fused-ring (bicyclic) bond motifs is 2. The first kappa shape index (κ1) is 49.0. The van der Waals surface area contributed by atoms with Crippen molar-refractivity contribution in [3.05, 3.63) is 166 Å². The monoisotopic (exact) mass is 940 g/mol. The molecule has 358 valence electrons. The van der Waals surface area contributed by atoms with Crippen LogP contribution in [-0.4, -0.2) is 96.7 Å². The van der Waals surface area contributed by atoms with Gasteiger partial charge in [-0.25, -0.2) is 14.8 Å². The summed E-state index contributed by atoms with van der Waals surface area (Å²) in [6.07, 6.45) is 12.2. The van der Waals surface area contributed by atoms with Crippen molar-refractivity contribution in [2.75, 3.05) is 63.8 Å². The maximum absolute atomic E-state index is 13.4. The van der Waals surface area contributed by atoms with Crippen molar-refractivity contribution in [1.82, 2.24) is 14.5 Å². The van der Waals surface area contributed by atoms with Gasteiger partial charge in [0.2, 0.25) is 0 Å². The van der Waals surface area contributed by atoms with Crippen molar-refractivity contribution >= 4 is 31.0 Å². The summed E-state index contributed by atoms with van der Waals surface area (Å²) in [4.78, 5) is 69.0. The van der Waals surface area contributed by atoms with Gasteiger partial charge in [0.1, 0.15) is 5.82 Å². The Morgan fingerprint density at radius 2 is 1.15 bits per heavy atom.